The maximum absolute atomic E-state index is 12.4. The zero-order valence-corrected chi connectivity index (χ0v) is 15.6. The van der Waals surface area contributed by atoms with E-state index in [0.717, 1.165) is 29.0 Å². The maximum atomic E-state index is 12.4. The second-order valence-electron chi connectivity index (χ2n) is 5.94. The van der Waals surface area contributed by atoms with Gasteiger partial charge in [0.05, 0.1) is 17.2 Å². The molecule has 6 heteroatoms. The molecule has 0 radical (unpaired) electrons. The Morgan fingerprint density at radius 3 is 2.84 bits per heavy atom. The fraction of sp³-hybridized carbons (Fsp3) is 0.316. The Morgan fingerprint density at radius 2 is 2.12 bits per heavy atom. The molecule has 25 heavy (non-hydrogen) atoms. The van der Waals surface area contributed by atoms with Crippen LogP contribution >= 0.6 is 23.2 Å². The SMILES string of the molecule is CCOc1cc2c(cc1CNC(=O)c1ccc(Cl)cc1Cl)O[C@H](C)C2. The van der Waals surface area contributed by atoms with Crippen molar-refractivity contribution in [1.82, 2.24) is 5.32 Å². The number of hydrogen-bond donors (Lipinski definition) is 1. The quantitative estimate of drug-likeness (QED) is 0.822. The zero-order valence-electron chi connectivity index (χ0n) is 14.1. The van der Waals surface area contributed by atoms with Crippen molar-refractivity contribution in [2.75, 3.05) is 6.61 Å². The number of nitrogens with one attached hydrogen (secondary N) is 1. The van der Waals surface area contributed by atoms with Gasteiger partial charge in [-0.2, -0.15) is 0 Å². The van der Waals surface area contributed by atoms with Gasteiger partial charge in [-0.3, -0.25) is 4.79 Å². The van der Waals surface area contributed by atoms with Crippen LogP contribution in [0.3, 0.4) is 0 Å². The second kappa shape index (κ2) is 7.54. The maximum Gasteiger partial charge on any atom is 0.253 e. The van der Waals surface area contributed by atoms with Crippen LogP contribution < -0.4 is 14.8 Å². The predicted molar refractivity (Wildman–Crippen MR) is 99.0 cm³/mol. The summed E-state index contributed by atoms with van der Waals surface area (Å²) in [5.41, 5.74) is 2.38. The molecule has 0 bridgehead atoms. The molecule has 3 rings (SSSR count). The third kappa shape index (κ3) is 4.02. The van der Waals surface area contributed by atoms with Gasteiger partial charge in [0.15, 0.2) is 0 Å². The van der Waals surface area contributed by atoms with E-state index in [2.05, 4.69) is 5.32 Å². The van der Waals surface area contributed by atoms with E-state index < -0.39 is 0 Å². The Kier molecular flexibility index (Phi) is 5.40. The number of carbonyl (C=O) groups is 1. The number of rotatable bonds is 5. The summed E-state index contributed by atoms with van der Waals surface area (Å²) in [7, 11) is 0. The molecule has 0 saturated carbocycles. The van der Waals surface area contributed by atoms with Gasteiger partial charge in [-0.1, -0.05) is 23.2 Å². The standard InChI is InChI=1S/C19H19Cl2NO3/c1-3-24-17-7-12-6-11(2)25-18(12)8-13(17)10-22-19(23)15-5-4-14(20)9-16(15)21/h4-5,7-9,11H,3,6,10H2,1-2H3,(H,22,23)/t11-/m1/s1. The highest BCUT2D eigenvalue weighted by molar-refractivity contribution is 6.36. The number of ether oxygens (including phenoxy) is 2. The van der Waals surface area contributed by atoms with Crippen molar-refractivity contribution in [2.24, 2.45) is 0 Å². The minimum absolute atomic E-state index is 0.155. The molecule has 2 aromatic carbocycles. The Bertz CT molecular complexity index is 807. The van der Waals surface area contributed by atoms with Crippen LogP contribution in [0.5, 0.6) is 11.5 Å². The van der Waals surface area contributed by atoms with Gasteiger partial charge in [-0.05, 0) is 44.2 Å². The Balaban J connectivity index is 1.78. The highest BCUT2D eigenvalue weighted by Gasteiger charge is 2.22. The normalized spacial score (nSPS) is 15.4. The molecule has 0 fully saturated rings. The van der Waals surface area contributed by atoms with Crippen molar-refractivity contribution in [3.8, 4) is 11.5 Å². The Labute approximate surface area is 157 Å². The Morgan fingerprint density at radius 1 is 1.32 bits per heavy atom. The van der Waals surface area contributed by atoms with Gasteiger partial charge in [-0.15, -0.1) is 0 Å². The van der Waals surface area contributed by atoms with E-state index in [1.807, 2.05) is 26.0 Å². The highest BCUT2D eigenvalue weighted by Crippen LogP contribution is 2.35. The van der Waals surface area contributed by atoms with Crippen LogP contribution in [0.1, 0.15) is 35.3 Å². The lowest BCUT2D eigenvalue weighted by Crippen LogP contribution is -2.23. The summed E-state index contributed by atoms with van der Waals surface area (Å²) in [6.07, 6.45) is 1.02. The summed E-state index contributed by atoms with van der Waals surface area (Å²) in [4.78, 5) is 12.4. The lowest BCUT2D eigenvalue weighted by molar-refractivity contribution is 0.0950. The lowest BCUT2D eigenvalue weighted by atomic mass is 10.1. The van der Waals surface area contributed by atoms with Crippen LogP contribution in [-0.2, 0) is 13.0 Å². The van der Waals surface area contributed by atoms with Crippen LogP contribution in [-0.4, -0.2) is 18.6 Å². The van der Waals surface area contributed by atoms with Crippen molar-refractivity contribution in [2.45, 2.75) is 32.9 Å². The number of amides is 1. The molecular formula is C19H19Cl2NO3. The van der Waals surface area contributed by atoms with Crippen LogP contribution in [0, 0.1) is 0 Å². The van der Waals surface area contributed by atoms with Gasteiger partial charge in [0, 0.05) is 29.1 Å². The van der Waals surface area contributed by atoms with Crippen molar-refractivity contribution >= 4 is 29.1 Å². The largest absolute Gasteiger partial charge is 0.494 e. The van der Waals surface area contributed by atoms with Crippen molar-refractivity contribution < 1.29 is 14.3 Å². The molecule has 0 saturated heterocycles. The van der Waals surface area contributed by atoms with Crippen LogP contribution in [0.25, 0.3) is 0 Å². The highest BCUT2D eigenvalue weighted by atomic mass is 35.5. The monoisotopic (exact) mass is 379 g/mol. The smallest absolute Gasteiger partial charge is 0.253 e. The van der Waals surface area contributed by atoms with E-state index >= 15 is 0 Å². The predicted octanol–water partition coefficient (Wildman–Crippen LogP) is 4.65. The molecule has 0 spiro atoms. The minimum Gasteiger partial charge on any atom is -0.494 e. The van der Waals surface area contributed by atoms with E-state index in [9.17, 15) is 4.79 Å². The Hall–Kier alpha value is -1.91. The third-order valence-electron chi connectivity index (χ3n) is 3.99. The average molecular weight is 380 g/mol. The number of hydrogen-bond acceptors (Lipinski definition) is 3. The zero-order chi connectivity index (χ0) is 18.0. The molecule has 0 aliphatic carbocycles. The van der Waals surface area contributed by atoms with Gasteiger partial charge in [0.25, 0.3) is 5.91 Å². The average Bonchev–Trinajstić information content (AvgIpc) is 2.91. The van der Waals surface area contributed by atoms with E-state index in [0.29, 0.717) is 28.8 Å². The minimum atomic E-state index is -0.265. The molecule has 1 aliphatic rings. The van der Waals surface area contributed by atoms with E-state index in [1.165, 1.54) is 0 Å². The van der Waals surface area contributed by atoms with Gasteiger partial charge < -0.3 is 14.8 Å². The number of carbonyl (C=O) groups excluding carboxylic acids is 1. The van der Waals surface area contributed by atoms with Crippen LogP contribution in [0.2, 0.25) is 10.0 Å². The molecule has 1 atom stereocenters. The molecule has 1 aliphatic heterocycles. The third-order valence-corrected chi connectivity index (χ3v) is 4.54. The summed E-state index contributed by atoms with van der Waals surface area (Å²) < 4.78 is 11.5. The molecule has 1 N–H and O–H groups in total. The molecule has 132 valence electrons. The van der Waals surface area contributed by atoms with E-state index in [-0.39, 0.29) is 12.0 Å². The number of fused-ring (bicyclic) bond motifs is 1. The van der Waals surface area contributed by atoms with Gasteiger partial charge in [0.2, 0.25) is 0 Å². The molecular weight excluding hydrogens is 361 g/mol. The molecule has 0 unspecified atom stereocenters. The molecule has 4 nitrogen and oxygen atoms in total. The van der Waals surface area contributed by atoms with Gasteiger partial charge in [0.1, 0.15) is 17.6 Å². The van der Waals surface area contributed by atoms with Crippen molar-refractivity contribution in [3.05, 3.63) is 57.1 Å². The van der Waals surface area contributed by atoms with E-state index in [1.54, 1.807) is 18.2 Å². The number of benzene rings is 2. The summed E-state index contributed by atoms with van der Waals surface area (Å²) in [6, 6.07) is 8.73. The molecule has 2 aromatic rings. The van der Waals surface area contributed by atoms with Crippen molar-refractivity contribution in [3.63, 3.8) is 0 Å². The van der Waals surface area contributed by atoms with Crippen molar-refractivity contribution in [1.29, 1.82) is 0 Å². The first-order chi connectivity index (χ1) is 12.0. The fourth-order valence-electron chi connectivity index (χ4n) is 2.85. The van der Waals surface area contributed by atoms with E-state index in [4.69, 9.17) is 32.7 Å². The fourth-order valence-corrected chi connectivity index (χ4v) is 3.35. The van der Waals surface area contributed by atoms with Crippen LogP contribution in [0.15, 0.2) is 30.3 Å². The summed E-state index contributed by atoms with van der Waals surface area (Å²) >= 11 is 12.0. The second-order valence-corrected chi connectivity index (χ2v) is 6.78. The molecule has 1 amide bonds. The summed E-state index contributed by atoms with van der Waals surface area (Å²) in [5.74, 6) is 1.35. The summed E-state index contributed by atoms with van der Waals surface area (Å²) in [5, 5.41) is 3.69. The lowest BCUT2D eigenvalue weighted by Gasteiger charge is -2.14. The first kappa shape index (κ1) is 17.9. The topological polar surface area (TPSA) is 47.6 Å². The first-order valence-electron chi connectivity index (χ1n) is 8.16. The molecule has 1 heterocycles. The van der Waals surface area contributed by atoms with Gasteiger partial charge in [-0.25, -0.2) is 0 Å². The van der Waals surface area contributed by atoms with Gasteiger partial charge >= 0.3 is 0 Å². The number of halogens is 2. The summed E-state index contributed by atoms with van der Waals surface area (Å²) in [6.45, 7) is 4.84. The van der Waals surface area contributed by atoms with Crippen LogP contribution in [0.4, 0.5) is 0 Å². The molecule has 0 aromatic heterocycles. The first-order valence-corrected chi connectivity index (χ1v) is 8.92.